The Labute approximate surface area is 117 Å². The monoisotopic (exact) mass is 265 g/mol. The van der Waals surface area contributed by atoms with E-state index >= 15 is 0 Å². The Hall–Kier alpha value is -1.13. The van der Waals surface area contributed by atoms with Crippen LogP contribution in [0.3, 0.4) is 0 Å². The van der Waals surface area contributed by atoms with Gasteiger partial charge in [0, 0.05) is 32.9 Å². The number of rotatable bonds is 7. The summed E-state index contributed by atoms with van der Waals surface area (Å²) in [5.41, 5.74) is 2.43. The maximum absolute atomic E-state index is 5.20. The number of nitrogens with zero attached hydrogens (tertiary/aromatic N) is 2. The first kappa shape index (κ1) is 15.9. The van der Waals surface area contributed by atoms with E-state index < -0.39 is 0 Å². The van der Waals surface area contributed by atoms with E-state index in [-0.39, 0.29) is 0 Å². The van der Waals surface area contributed by atoms with Crippen LogP contribution >= 0.6 is 0 Å². The van der Waals surface area contributed by atoms with Gasteiger partial charge in [-0.25, -0.2) is 4.98 Å². The molecule has 0 bridgehead atoms. The average molecular weight is 265 g/mol. The van der Waals surface area contributed by atoms with Crippen molar-refractivity contribution in [3.63, 3.8) is 0 Å². The number of hydrogen-bond acceptors (Lipinski definition) is 4. The molecule has 1 atom stereocenters. The van der Waals surface area contributed by atoms with Crippen LogP contribution in [0, 0.1) is 6.92 Å². The normalized spacial score (nSPS) is 12.8. The van der Waals surface area contributed by atoms with Crippen LogP contribution < -0.4 is 10.2 Å². The molecule has 19 heavy (non-hydrogen) atoms. The van der Waals surface area contributed by atoms with Crippen LogP contribution in [0.25, 0.3) is 0 Å². The minimum Gasteiger partial charge on any atom is -0.383 e. The molecule has 1 N–H and O–H groups in total. The molecule has 0 aliphatic rings. The molecular weight excluding hydrogens is 238 g/mol. The number of likely N-dealkylation sites (N-methyl/N-ethyl adjacent to an activating group) is 1. The summed E-state index contributed by atoms with van der Waals surface area (Å²) in [6, 6.07) is 3.01. The van der Waals surface area contributed by atoms with Gasteiger partial charge in [0.25, 0.3) is 0 Å². The van der Waals surface area contributed by atoms with E-state index in [4.69, 9.17) is 4.74 Å². The number of methoxy groups -OCH3 is 1. The Balaban J connectivity index is 2.76. The van der Waals surface area contributed by atoms with Crippen molar-refractivity contribution in [3.8, 4) is 0 Å². The van der Waals surface area contributed by atoms with E-state index in [2.05, 4.69) is 56.0 Å². The minimum atomic E-state index is 0.316. The number of aromatic nitrogens is 1. The fraction of sp³-hybridized carbons (Fsp3) is 0.667. The highest BCUT2D eigenvalue weighted by atomic mass is 16.5. The average Bonchev–Trinajstić information content (AvgIpc) is 2.36. The molecule has 1 aromatic rings. The second-order valence-corrected chi connectivity index (χ2v) is 5.43. The molecular formula is C15H27N3O. The molecule has 0 saturated carbocycles. The first-order valence-corrected chi connectivity index (χ1v) is 6.86. The fourth-order valence-corrected chi connectivity index (χ4v) is 1.98. The van der Waals surface area contributed by atoms with E-state index in [1.54, 1.807) is 7.11 Å². The fourth-order valence-electron chi connectivity index (χ4n) is 1.98. The van der Waals surface area contributed by atoms with Crippen molar-refractivity contribution in [2.45, 2.75) is 46.3 Å². The summed E-state index contributed by atoms with van der Waals surface area (Å²) in [5.74, 6) is 1.03. The number of pyridine rings is 1. The van der Waals surface area contributed by atoms with E-state index in [1.165, 1.54) is 11.1 Å². The minimum absolute atomic E-state index is 0.316. The molecule has 0 aliphatic carbocycles. The number of hydrogen-bond donors (Lipinski definition) is 1. The number of anilines is 1. The molecule has 0 radical (unpaired) electrons. The molecule has 108 valence electrons. The van der Waals surface area contributed by atoms with Crippen LogP contribution in [0.1, 0.15) is 31.9 Å². The number of nitrogens with one attached hydrogen (secondary N) is 1. The topological polar surface area (TPSA) is 37.4 Å². The van der Waals surface area contributed by atoms with Gasteiger partial charge in [-0.3, -0.25) is 0 Å². The van der Waals surface area contributed by atoms with E-state index in [1.807, 2.05) is 6.20 Å². The van der Waals surface area contributed by atoms with Gasteiger partial charge in [0.05, 0.1) is 12.6 Å². The van der Waals surface area contributed by atoms with Crippen LogP contribution in [0.15, 0.2) is 12.3 Å². The van der Waals surface area contributed by atoms with E-state index in [0.29, 0.717) is 18.7 Å². The number of ether oxygens (including phenoxy) is 1. The molecule has 4 nitrogen and oxygen atoms in total. The summed E-state index contributed by atoms with van der Waals surface area (Å²) in [4.78, 5) is 6.75. The van der Waals surface area contributed by atoms with Gasteiger partial charge in [-0.2, -0.15) is 0 Å². The highest BCUT2D eigenvalue weighted by Crippen LogP contribution is 2.18. The third-order valence-electron chi connectivity index (χ3n) is 3.22. The van der Waals surface area contributed by atoms with Crippen molar-refractivity contribution < 1.29 is 4.74 Å². The third-order valence-corrected chi connectivity index (χ3v) is 3.22. The Bertz CT molecular complexity index is 393. The van der Waals surface area contributed by atoms with Gasteiger partial charge >= 0.3 is 0 Å². The maximum atomic E-state index is 5.20. The zero-order chi connectivity index (χ0) is 14.4. The summed E-state index contributed by atoms with van der Waals surface area (Å²) in [6.07, 6.45) is 1.95. The molecule has 1 rings (SSSR count). The predicted octanol–water partition coefficient (Wildman–Crippen LogP) is 2.36. The zero-order valence-electron chi connectivity index (χ0n) is 13.0. The summed E-state index contributed by atoms with van der Waals surface area (Å²) >= 11 is 0. The van der Waals surface area contributed by atoms with Crippen LogP contribution in [0.4, 0.5) is 5.82 Å². The van der Waals surface area contributed by atoms with Crippen molar-refractivity contribution >= 4 is 5.82 Å². The lowest BCUT2D eigenvalue weighted by molar-refractivity contribution is 0.183. The van der Waals surface area contributed by atoms with E-state index in [0.717, 1.165) is 12.4 Å². The third kappa shape index (κ3) is 4.80. The Morgan fingerprint density at radius 1 is 1.37 bits per heavy atom. The zero-order valence-corrected chi connectivity index (χ0v) is 13.0. The lowest BCUT2D eigenvalue weighted by Gasteiger charge is -2.27. The smallest absolute Gasteiger partial charge is 0.131 e. The molecule has 1 heterocycles. The molecule has 0 aliphatic heterocycles. The van der Waals surface area contributed by atoms with Crippen LogP contribution in [0.5, 0.6) is 0 Å². The molecule has 1 unspecified atom stereocenters. The van der Waals surface area contributed by atoms with Crippen molar-refractivity contribution in [3.05, 3.63) is 23.4 Å². The quantitative estimate of drug-likeness (QED) is 0.821. The van der Waals surface area contributed by atoms with Gasteiger partial charge in [-0.1, -0.05) is 13.8 Å². The summed E-state index contributed by atoms with van der Waals surface area (Å²) < 4.78 is 5.20. The maximum Gasteiger partial charge on any atom is 0.131 e. The lowest BCUT2D eigenvalue weighted by atomic mass is 10.1. The molecule has 0 amide bonds. The second kappa shape index (κ2) is 7.46. The van der Waals surface area contributed by atoms with E-state index in [9.17, 15) is 0 Å². The first-order valence-electron chi connectivity index (χ1n) is 6.86. The highest BCUT2D eigenvalue weighted by Gasteiger charge is 2.13. The first-order chi connectivity index (χ1) is 8.95. The Morgan fingerprint density at radius 2 is 2.05 bits per heavy atom. The largest absolute Gasteiger partial charge is 0.383 e. The Kier molecular flexibility index (Phi) is 6.25. The Morgan fingerprint density at radius 3 is 2.58 bits per heavy atom. The molecule has 0 spiro atoms. The highest BCUT2D eigenvalue weighted by molar-refractivity contribution is 5.47. The van der Waals surface area contributed by atoms with Crippen LogP contribution in [0.2, 0.25) is 0 Å². The number of aryl methyl sites for hydroxylation is 1. The van der Waals surface area contributed by atoms with Gasteiger partial charge in [0.15, 0.2) is 0 Å². The standard InChI is InChI=1S/C15H27N3O/c1-11(2)16-8-14-7-12(3)15(17-9-14)18(5)13(4)10-19-6/h7,9,11,13,16H,8,10H2,1-6H3. The summed E-state index contributed by atoms with van der Waals surface area (Å²) in [7, 11) is 3.79. The van der Waals surface area contributed by atoms with Gasteiger partial charge in [-0.05, 0) is 31.0 Å². The molecule has 0 aromatic carbocycles. The predicted molar refractivity (Wildman–Crippen MR) is 80.7 cm³/mol. The lowest BCUT2D eigenvalue weighted by Crippen LogP contribution is -2.33. The second-order valence-electron chi connectivity index (χ2n) is 5.43. The van der Waals surface area contributed by atoms with Gasteiger partial charge < -0.3 is 15.0 Å². The van der Waals surface area contributed by atoms with Gasteiger partial charge in [0.2, 0.25) is 0 Å². The molecule has 1 aromatic heterocycles. The van der Waals surface area contributed by atoms with Crippen molar-refractivity contribution in [2.75, 3.05) is 25.7 Å². The van der Waals surface area contributed by atoms with Crippen molar-refractivity contribution in [2.24, 2.45) is 0 Å². The summed E-state index contributed by atoms with van der Waals surface area (Å²) in [6.45, 7) is 10.1. The molecule has 0 fully saturated rings. The van der Waals surface area contributed by atoms with Crippen LogP contribution in [-0.2, 0) is 11.3 Å². The van der Waals surface area contributed by atoms with Crippen LogP contribution in [-0.4, -0.2) is 37.8 Å². The van der Waals surface area contributed by atoms with Crippen molar-refractivity contribution in [1.82, 2.24) is 10.3 Å². The van der Waals surface area contributed by atoms with Gasteiger partial charge in [0.1, 0.15) is 5.82 Å². The molecule has 0 saturated heterocycles. The van der Waals surface area contributed by atoms with Gasteiger partial charge in [-0.15, -0.1) is 0 Å². The summed E-state index contributed by atoms with van der Waals surface area (Å²) in [5, 5.41) is 3.41. The molecule has 4 heteroatoms. The van der Waals surface area contributed by atoms with Crippen molar-refractivity contribution in [1.29, 1.82) is 0 Å². The SMILES string of the molecule is COCC(C)N(C)c1ncc(CNC(C)C)cc1C.